The van der Waals surface area contributed by atoms with Crippen LogP contribution in [0.3, 0.4) is 0 Å². The second kappa shape index (κ2) is 21.5. The van der Waals surface area contributed by atoms with Crippen LogP contribution in [0.15, 0.2) is 151 Å². The smallest absolute Gasteiger partial charge is 0.333 e. The number of carbonyl (C=O) groups is 4. The van der Waals surface area contributed by atoms with Gasteiger partial charge >= 0.3 is 23.9 Å². The lowest BCUT2D eigenvalue weighted by molar-refractivity contribution is -0.167. The topological polar surface area (TPSA) is 184 Å². The Kier molecular flexibility index (Phi) is 14.2. The number of methoxy groups -OCH3 is 2. The Bertz CT molecular complexity index is 3790. The maximum atomic E-state index is 16.1. The van der Waals surface area contributed by atoms with Gasteiger partial charge in [-0.1, -0.05) is 121 Å². The molecule has 386 valence electrons. The summed E-state index contributed by atoms with van der Waals surface area (Å²) in [6, 6.07) is 46.7. The fourth-order valence-electron chi connectivity index (χ4n) is 9.72. The molecule has 78 heavy (non-hydrogen) atoms. The molecule has 0 amide bonds. The molecule has 0 bridgehead atoms. The number of ether oxygens (including phenoxy) is 6. The van der Waals surface area contributed by atoms with E-state index in [1.807, 2.05) is 61.5 Å². The Hall–Kier alpha value is -8.49. The van der Waals surface area contributed by atoms with E-state index in [1.54, 1.807) is 110 Å². The van der Waals surface area contributed by atoms with Gasteiger partial charge in [-0.2, -0.15) is 10.5 Å². The number of nitriles is 2. The number of thiophene rings is 5. The zero-order valence-corrected chi connectivity index (χ0v) is 45.7. The number of nitrogens with zero attached hydrogens (tertiary/aromatic N) is 3. The average Bonchev–Trinajstić information content (AvgIpc) is 2.70. The van der Waals surface area contributed by atoms with Crippen LogP contribution in [0.5, 0.6) is 11.5 Å². The largest absolute Gasteiger partial charge is 0.495 e. The van der Waals surface area contributed by atoms with E-state index in [0.717, 1.165) is 21.1 Å². The molecule has 5 heterocycles. The number of aliphatic imine (C=N–C) groups is 1. The van der Waals surface area contributed by atoms with Crippen LogP contribution >= 0.6 is 56.7 Å². The Morgan fingerprint density at radius 1 is 0.462 bits per heavy atom. The van der Waals surface area contributed by atoms with Crippen molar-refractivity contribution in [2.24, 2.45) is 4.99 Å². The van der Waals surface area contributed by atoms with Crippen LogP contribution < -0.4 is 9.47 Å². The first-order valence-electron chi connectivity index (χ1n) is 24.1. The molecule has 2 aliphatic carbocycles. The van der Waals surface area contributed by atoms with Gasteiger partial charge in [-0.15, -0.1) is 56.7 Å². The molecule has 0 unspecified atom stereocenters. The van der Waals surface area contributed by atoms with E-state index in [2.05, 4.69) is 4.99 Å². The van der Waals surface area contributed by atoms with Crippen molar-refractivity contribution >= 4 is 91.3 Å². The first-order chi connectivity index (χ1) is 38.0. The molecule has 0 fully saturated rings. The van der Waals surface area contributed by atoms with Crippen LogP contribution in [-0.2, 0) is 75.4 Å². The summed E-state index contributed by atoms with van der Waals surface area (Å²) in [5.41, 5.74) is -2.29. The normalized spacial score (nSPS) is 12.9. The molecule has 0 spiro atoms. The maximum Gasteiger partial charge on any atom is 0.333 e. The summed E-state index contributed by atoms with van der Waals surface area (Å²) in [4.78, 5) is 73.9. The minimum Gasteiger partial charge on any atom is -0.495 e. The molecule has 0 N–H and O–H groups in total. The zero-order valence-electron chi connectivity index (χ0n) is 41.7. The number of rotatable bonds is 17. The summed E-state index contributed by atoms with van der Waals surface area (Å²) in [7, 11) is 3.05. The van der Waals surface area contributed by atoms with Crippen molar-refractivity contribution in [1.82, 2.24) is 0 Å². The van der Waals surface area contributed by atoms with Crippen LogP contribution in [-0.4, -0.2) is 43.8 Å². The molecule has 0 saturated heterocycles. The van der Waals surface area contributed by atoms with Gasteiger partial charge < -0.3 is 28.4 Å². The van der Waals surface area contributed by atoms with Crippen molar-refractivity contribution in [2.45, 2.75) is 44.2 Å². The predicted molar refractivity (Wildman–Crippen MR) is 300 cm³/mol. The van der Waals surface area contributed by atoms with E-state index < -0.39 is 34.7 Å². The molecule has 0 atom stereocenters. The number of aryl methyl sites for hydroxylation is 1. The number of hydrogen-bond acceptors (Lipinski definition) is 18. The molecule has 0 saturated carbocycles. The number of benzene rings is 4. The summed E-state index contributed by atoms with van der Waals surface area (Å²) in [5.74, 6) is -3.08. The lowest BCUT2D eigenvalue weighted by Crippen LogP contribution is -2.50. The molecular weight excluding hydrogens is 1080 g/mol. The molecule has 4 aromatic carbocycles. The summed E-state index contributed by atoms with van der Waals surface area (Å²) in [6.45, 7) is 0.964. The van der Waals surface area contributed by atoms with Crippen LogP contribution in [0.4, 0.5) is 5.00 Å². The van der Waals surface area contributed by atoms with Crippen molar-refractivity contribution in [3.63, 3.8) is 0 Å². The lowest BCUT2D eigenvalue weighted by atomic mass is 9.70. The highest BCUT2D eigenvalue weighted by molar-refractivity contribution is 7.31. The SMILES string of the molecule is COc1cc(C)sc1-c1cc2c(s1)-c1sc3c(c1C2(C(=O)OCc1ccccc1)C(=O)OCc1ccccc1)C(C(=O)OCc1ccccc1)(C(=O)OCc1ccccc1)c1cc(-c2sc(N=C(C#N)C#N)cc2OC)sc1-3. The van der Waals surface area contributed by atoms with Gasteiger partial charge in [-0.3, -0.25) is 19.2 Å². The van der Waals surface area contributed by atoms with E-state index in [0.29, 0.717) is 72.9 Å². The first kappa shape index (κ1) is 51.6. The van der Waals surface area contributed by atoms with E-state index in [4.69, 9.17) is 28.4 Å². The van der Waals surface area contributed by atoms with Crippen LogP contribution in [0, 0.1) is 29.6 Å². The molecule has 9 aromatic rings. The summed E-state index contributed by atoms with van der Waals surface area (Å²) in [6.07, 6.45) is 0. The van der Waals surface area contributed by atoms with Crippen LogP contribution in [0.1, 0.15) is 49.4 Å². The van der Waals surface area contributed by atoms with Gasteiger partial charge in [0.15, 0.2) is 0 Å². The maximum absolute atomic E-state index is 16.1. The molecular formula is C60H41N3O10S5. The second-order valence-electron chi connectivity index (χ2n) is 17.9. The molecule has 18 heteroatoms. The second-order valence-corrected chi connectivity index (χ2v) is 23.3. The standard InChI is InChI=1S/C60H41N3O10S5/c1-34-24-42(68-2)51(74-34)44-25-40-49(75-44)53-47(59(40,55(64)70-30-35-16-8-4-9-17-35)56(65)71-31-36-18-10-5-11-19-36)48-54(78-53)50-41(26-45(76-50)52-43(69-3)27-46(77-52)63-39(28-61)29-62)60(48,57(66)72-32-37-20-12-6-13-21-37)58(67)73-33-38-22-14-7-15-23-38/h4-27H,30-33H2,1-3H3. The van der Waals surface area contributed by atoms with Gasteiger partial charge in [0.1, 0.15) is 55.1 Å². The lowest BCUT2D eigenvalue weighted by Gasteiger charge is -2.32. The van der Waals surface area contributed by atoms with E-state index in [-0.39, 0.29) is 54.4 Å². The Labute approximate surface area is 467 Å². The van der Waals surface area contributed by atoms with Crippen LogP contribution in [0.25, 0.3) is 39.0 Å². The third-order valence-electron chi connectivity index (χ3n) is 13.2. The molecule has 0 radical (unpaired) electrons. The molecule has 0 aliphatic heterocycles. The highest BCUT2D eigenvalue weighted by atomic mass is 32.1. The average molecular weight is 1120 g/mol. The van der Waals surface area contributed by atoms with Crippen molar-refractivity contribution in [1.29, 1.82) is 10.5 Å². The molecule has 5 aromatic heterocycles. The Morgan fingerprint density at radius 2 is 0.821 bits per heavy atom. The molecule has 13 nitrogen and oxygen atoms in total. The van der Waals surface area contributed by atoms with Crippen molar-refractivity contribution in [3.8, 4) is 62.7 Å². The van der Waals surface area contributed by atoms with Gasteiger partial charge in [0.05, 0.1) is 43.5 Å². The third-order valence-corrected chi connectivity index (χ3v) is 19.4. The number of esters is 4. The fourth-order valence-corrected chi connectivity index (χ4v) is 16.1. The predicted octanol–water partition coefficient (Wildman–Crippen LogP) is 13.3. The first-order valence-corrected chi connectivity index (χ1v) is 28.1. The van der Waals surface area contributed by atoms with Gasteiger partial charge in [0.25, 0.3) is 0 Å². The van der Waals surface area contributed by atoms with Crippen molar-refractivity contribution in [2.75, 3.05) is 14.2 Å². The minimum absolute atomic E-state index is 0.0327. The van der Waals surface area contributed by atoms with Gasteiger partial charge in [0, 0.05) is 43.0 Å². The summed E-state index contributed by atoms with van der Waals surface area (Å²) < 4.78 is 37.1. The Balaban J connectivity index is 1.21. The van der Waals surface area contributed by atoms with Gasteiger partial charge in [-0.25, -0.2) is 4.99 Å². The number of fused-ring (bicyclic) bond motifs is 7. The van der Waals surface area contributed by atoms with E-state index in [9.17, 15) is 10.5 Å². The highest BCUT2D eigenvalue weighted by Crippen LogP contribution is 2.69. The Morgan fingerprint density at radius 3 is 1.18 bits per heavy atom. The summed E-state index contributed by atoms with van der Waals surface area (Å²) >= 11 is 6.44. The molecule has 2 aliphatic rings. The number of carbonyl (C=O) groups excluding carboxylic acids is 4. The minimum atomic E-state index is -2.51. The van der Waals surface area contributed by atoms with E-state index in [1.165, 1.54) is 52.5 Å². The monoisotopic (exact) mass is 1120 g/mol. The van der Waals surface area contributed by atoms with Gasteiger partial charge in [0.2, 0.25) is 16.5 Å². The van der Waals surface area contributed by atoms with E-state index >= 15 is 19.2 Å². The van der Waals surface area contributed by atoms with Gasteiger partial charge in [-0.05, 0) is 47.4 Å². The van der Waals surface area contributed by atoms with Crippen molar-refractivity contribution < 1.29 is 47.6 Å². The van der Waals surface area contributed by atoms with Crippen molar-refractivity contribution in [3.05, 3.63) is 195 Å². The zero-order chi connectivity index (χ0) is 54.1. The third kappa shape index (κ3) is 8.87. The highest BCUT2D eigenvalue weighted by Gasteiger charge is 2.69. The quantitative estimate of drug-likeness (QED) is 0.0364. The number of hydrogen-bond donors (Lipinski definition) is 0. The summed E-state index contributed by atoms with van der Waals surface area (Å²) in [5, 5.41) is 19.5. The molecule has 11 rings (SSSR count). The van der Waals surface area contributed by atoms with Crippen LogP contribution in [0.2, 0.25) is 0 Å². The fraction of sp³-hybridized carbons (Fsp3) is 0.150.